The van der Waals surface area contributed by atoms with Crippen LogP contribution in [0.5, 0.6) is 5.75 Å². The second-order valence-electron chi connectivity index (χ2n) is 9.48. The van der Waals surface area contributed by atoms with E-state index < -0.39 is 6.04 Å². The number of rotatable bonds is 11. The second kappa shape index (κ2) is 13.4. The number of nitrogens with zero attached hydrogens (tertiary/aromatic N) is 2. The Morgan fingerprint density at radius 3 is 2.44 bits per heavy atom. The van der Waals surface area contributed by atoms with Crippen molar-refractivity contribution in [1.29, 1.82) is 0 Å². The number of nitrogens with one attached hydrogen (secondary N) is 1. The van der Waals surface area contributed by atoms with Crippen molar-refractivity contribution in [3.8, 4) is 5.75 Å². The summed E-state index contributed by atoms with van der Waals surface area (Å²) in [7, 11) is 1.56. The Balaban J connectivity index is 2.09. The monoisotopic (exact) mass is 473 g/mol. The SMILES string of the molecule is CCCCC(CC)C(=O)N1CCN(C(=O)C(NC(=O)c2cccc(OC)c2)C(C)CC)CC1C. The molecule has 1 saturated heterocycles. The quantitative estimate of drug-likeness (QED) is 0.524. The van der Waals surface area contributed by atoms with Crippen molar-refractivity contribution in [2.75, 3.05) is 26.7 Å². The van der Waals surface area contributed by atoms with E-state index in [0.29, 0.717) is 30.9 Å². The molecule has 1 aromatic rings. The molecule has 1 aromatic carbocycles. The molecule has 1 heterocycles. The minimum atomic E-state index is -0.619. The standard InChI is InChI=1S/C27H43N3O4/c1-7-10-12-21(9-3)26(32)30-16-15-29(18-20(30)5)27(33)24(19(4)8-2)28-25(31)22-13-11-14-23(17-22)34-6/h11,13-14,17,19-21,24H,7-10,12,15-16,18H2,1-6H3,(H,28,31). The van der Waals surface area contributed by atoms with Gasteiger partial charge in [-0.05, 0) is 43.9 Å². The van der Waals surface area contributed by atoms with Crippen LogP contribution >= 0.6 is 0 Å². The molecule has 0 saturated carbocycles. The Labute approximate surface area is 205 Å². The van der Waals surface area contributed by atoms with Crippen molar-refractivity contribution in [2.45, 2.75) is 78.8 Å². The lowest BCUT2D eigenvalue weighted by molar-refractivity contribution is -0.146. The molecular formula is C27H43N3O4. The van der Waals surface area contributed by atoms with Crippen LogP contribution in [0.1, 0.15) is 77.1 Å². The number of hydrogen-bond donors (Lipinski definition) is 1. The van der Waals surface area contributed by atoms with E-state index in [1.54, 1.807) is 31.4 Å². The molecule has 1 fully saturated rings. The van der Waals surface area contributed by atoms with Gasteiger partial charge in [-0.2, -0.15) is 0 Å². The van der Waals surface area contributed by atoms with Gasteiger partial charge in [0.1, 0.15) is 11.8 Å². The van der Waals surface area contributed by atoms with E-state index in [2.05, 4.69) is 19.2 Å². The number of ether oxygens (including phenoxy) is 1. The number of amides is 3. The molecule has 3 amide bonds. The van der Waals surface area contributed by atoms with E-state index >= 15 is 0 Å². The number of benzene rings is 1. The van der Waals surface area contributed by atoms with Crippen molar-refractivity contribution in [3.63, 3.8) is 0 Å². The number of unbranched alkanes of at least 4 members (excludes halogenated alkanes) is 1. The largest absolute Gasteiger partial charge is 0.497 e. The van der Waals surface area contributed by atoms with Gasteiger partial charge in [-0.15, -0.1) is 0 Å². The van der Waals surface area contributed by atoms with Gasteiger partial charge < -0.3 is 19.9 Å². The summed E-state index contributed by atoms with van der Waals surface area (Å²) in [6.45, 7) is 11.7. The Morgan fingerprint density at radius 2 is 1.85 bits per heavy atom. The lowest BCUT2D eigenvalue weighted by Gasteiger charge is -2.42. The van der Waals surface area contributed by atoms with Gasteiger partial charge in [-0.25, -0.2) is 0 Å². The van der Waals surface area contributed by atoms with Gasteiger partial charge in [0.15, 0.2) is 0 Å². The summed E-state index contributed by atoms with van der Waals surface area (Å²) in [6.07, 6.45) is 4.67. The molecule has 1 aliphatic rings. The van der Waals surface area contributed by atoms with Gasteiger partial charge >= 0.3 is 0 Å². The summed E-state index contributed by atoms with van der Waals surface area (Å²) in [6, 6.07) is 6.25. The van der Waals surface area contributed by atoms with Gasteiger partial charge in [0.05, 0.1) is 7.11 Å². The van der Waals surface area contributed by atoms with Crippen LogP contribution in [0, 0.1) is 11.8 Å². The Morgan fingerprint density at radius 1 is 1.12 bits per heavy atom. The highest BCUT2D eigenvalue weighted by molar-refractivity contribution is 5.98. The number of carbonyl (C=O) groups is 3. The van der Waals surface area contributed by atoms with Gasteiger partial charge in [-0.3, -0.25) is 14.4 Å². The normalized spacial score (nSPS) is 18.7. The molecule has 190 valence electrons. The predicted molar refractivity (Wildman–Crippen MR) is 135 cm³/mol. The molecule has 0 bridgehead atoms. The van der Waals surface area contributed by atoms with Gasteiger partial charge in [0.25, 0.3) is 5.91 Å². The first-order chi connectivity index (χ1) is 16.3. The highest BCUT2D eigenvalue weighted by Gasteiger charge is 2.36. The number of hydrogen-bond acceptors (Lipinski definition) is 4. The molecule has 2 rings (SSSR count). The predicted octanol–water partition coefficient (Wildman–Crippen LogP) is 4.12. The van der Waals surface area contributed by atoms with Crippen molar-refractivity contribution < 1.29 is 19.1 Å². The minimum Gasteiger partial charge on any atom is -0.497 e. The minimum absolute atomic E-state index is 0.0180. The molecule has 4 atom stereocenters. The first kappa shape index (κ1) is 27.7. The molecule has 0 radical (unpaired) electrons. The summed E-state index contributed by atoms with van der Waals surface area (Å²) < 4.78 is 5.22. The van der Waals surface area contributed by atoms with E-state index in [0.717, 1.165) is 32.1 Å². The molecule has 7 nitrogen and oxygen atoms in total. The van der Waals surface area contributed by atoms with E-state index in [-0.39, 0.29) is 35.6 Å². The highest BCUT2D eigenvalue weighted by Crippen LogP contribution is 2.22. The Bertz CT molecular complexity index is 828. The zero-order valence-corrected chi connectivity index (χ0v) is 21.8. The summed E-state index contributed by atoms with van der Waals surface area (Å²) in [4.78, 5) is 43.3. The van der Waals surface area contributed by atoms with Crippen LogP contribution in [-0.4, -0.2) is 66.3 Å². The molecule has 1 N–H and O–H groups in total. The molecular weight excluding hydrogens is 430 g/mol. The summed E-state index contributed by atoms with van der Waals surface area (Å²) >= 11 is 0. The fourth-order valence-corrected chi connectivity index (χ4v) is 4.54. The fraction of sp³-hybridized carbons (Fsp3) is 0.667. The lowest BCUT2D eigenvalue weighted by atomic mass is 9.95. The van der Waals surface area contributed by atoms with Crippen molar-refractivity contribution >= 4 is 17.7 Å². The van der Waals surface area contributed by atoms with Crippen molar-refractivity contribution in [2.24, 2.45) is 11.8 Å². The van der Waals surface area contributed by atoms with Gasteiger partial charge in [0, 0.05) is 37.2 Å². The molecule has 34 heavy (non-hydrogen) atoms. The van der Waals surface area contributed by atoms with Crippen LogP contribution in [0.3, 0.4) is 0 Å². The van der Waals surface area contributed by atoms with E-state index in [4.69, 9.17) is 4.74 Å². The summed E-state index contributed by atoms with van der Waals surface area (Å²) in [5.41, 5.74) is 0.460. The molecule has 4 unspecified atom stereocenters. The molecule has 0 aliphatic carbocycles. The maximum atomic E-state index is 13.5. The number of piperazine rings is 1. The van der Waals surface area contributed by atoms with Crippen LogP contribution in [0.25, 0.3) is 0 Å². The van der Waals surface area contributed by atoms with Gasteiger partial charge in [0.2, 0.25) is 11.8 Å². The Kier molecular flexibility index (Phi) is 10.9. The third-order valence-electron chi connectivity index (χ3n) is 7.07. The van der Waals surface area contributed by atoms with E-state index in [1.807, 2.05) is 30.6 Å². The molecule has 0 spiro atoms. The Hall–Kier alpha value is -2.57. The van der Waals surface area contributed by atoms with E-state index in [9.17, 15) is 14.4 Å². The van der Waals surface area contributed by atoms with Crippen LogP contribution in [-0.2, 0) is 9.59 Å². The second-order valence-corrected chi connectivity index (χ2v) is 9.48. The third kappa shape index (κ3) is 6.97. The average molecular weight is 474 g/mol. The summed E-state index contributed by atoms with van der Waals surface area (Å²) in [5, 5.41) is 2.97. The van der Waals surface area contributed by atoms with E-state index in [1.165, 1.54) is 0 Å². The zero-order valence-electron chi connectivity index (χ0n) is 21.8. The van der Waals surface area contributed by atoms with Crippen LogP contribution < -0.4 is 10.1 Å². The maximum Gasteiger partial charge on any atom is 0.252 e. The maximum absolute atomic E-state index is 13.5. The molecule has 1 aliphatic heterocycles. The molecule has 7 heteroatoms. The van der Waals surface area contributed by atoms with Crippen molar-refractivity contribution in [3.05, 3.63) is 29.8 Å². The van der Waals surface area contributed by atoms with Crippen LogP contribution in [0.4, 0.5) is 0 Å². The first-order valence-corrected chi connectivity index (χ1v) is 12.8. The highest BCUT2D eigenvalue weighted by atomic mass is 16.5. The van der Waals surface area contributed by atoms with Gasteiger partial charge in [-0.1, -0.05) is 53.0 Å². The topological polar surface area (TPSA) is 79.0 Å². The smallest absolute Gasteiger partial charge is 0.252 e. The fourth-order valence-electron chi connectivity index (χ4n) is 4.54. The number of methoxy groups -OCH3 is 1. The summed E-state index contributed by atoms with van der Waals surface area (Å²) in [5.74, 6) is 0.470. The van der Waals surface area contributed by atoms with Crippen molar-refractivity contribution in [1.82, 2.24) is 15.1 Å². The van der Waals surface area contributed by atoms with Crippen LogP contribution in [0.2, 0.25) is 0 Å². The first-order valence-electron chi connectivity index (χ1n) is 12.8. The van der Waals surface area contributed by atoms with Crippen LogP contribution in [0.15, 0.2) is 24.3 Å². The lowest BCUT2D eigenvalue weighted by Crippen LogP contribution is -2.60. The molecule has 0 aromatic heterocycles. The third-order valence-corrected chi connectivity index (χ3v) is 7.07. The zero-order chi connectivity index (χ0) is 25.3. The average Bonchev–Trinajstić information content (AvgIpc) is 2.86. The number of carbonyl (C=O) groups excluding carboxylic acids is 3.